The first-order valence-corrected chi connectivity index (χ1v) is 2.06. The summed E-state index contributed by atoms with van der Waals surface area (Å²) in [7, 11) is 0. The maximum atomic E-state index is 3.62. The summed E-state index contributed by atoms with van der Waals surface area (Å²) < 4.78 is 0. The highest BCUT2D eigenvalue weighted by Gasteiger charge is 2.15. The Bertz CT molecular complexity index is 45.9. The molecular weight excluding hydrogens is 88.1 g/mol. The lowest BCUT2D eigenvalue weighted by atomic mass is 10.4. The fraction of sp³-hybridized carbons (Fsp3) is 0.600. The van der Waals surface area contributed by atoms with E-state index in [0.717, 1.165) is 5.92 Å². The van der Waals surface area contributed by atoms with Crippen LogP contribution in [0.15, 0.2) is 12.7 Å². The van der Waals surface area contributed by atoms with Gasteiger partial charge in [-0.25, -0.2) is 0 Å². The molecule has 0 heterocycles. The average molecular weight is 96.2 g/mol. The van der Waals surface area contributed by atoms with Crippen LogP contribution in [0.25, 0.3) is 0 Å². The van der Waals surface area contributed by atoms with Crippen LogP contribution in [0.2, 0.25) is 0 Å². The molecule has 0 aromatic heterocycles. The molecule has 0 N–H and O–H groups in total. The van der Waals surface area contributed by atoms with Crippen molar-refractivity contribution < 1.29 is 0 Å². The first kappa shape index (κ1) is 5.96. The van der Waals surface area contributed by atoms with Crippen molar-refractivity contribution in [3.8, 4) is 0 Å². The first-order valence-electron chi connectivity index (χ1n) is 2.06. The van der Waals surface area contributed by atoms with Crippen LogP contribution in [0.1, 0.15) is 12.8 Å². The Morgan fingerprint density at radius 2 is 2.00 bits per heavy atom. The van der Waals surface area contributed by atoms with E-state index >= 15 is 0 Å². The van der Waals surface area contributed by atoms with Gasteiger partial charge >= 0.3 is 0 Å². The molecule has 0 bridgehead atoms. The molecule has 0 aromatic rings. The van der Waals surface area contributed by atoms with Crippen LogP contribution in [-0.2, 0) is 0 Å². The van der Waals surface area contributed by atoms with E-state index in [4.69, 9.17) is 0 Å². The monoisotopic (exact) mass is 96.0 g/mol. The standard InChI is InChI=1S/C5H8.Si/c1-2-5-3-4-5;/h2,5H,1,3-4H2;. The molecular formula is C5H8Si. The Labute approximate surface area is 43.3 Å². The highest BCUT2D eigenvalue weighted by molar-refractivity contribution is 5.75. The molecule has 1 heteroatoms. The Hall–Kier alpha value is -0.0431. The van der Waals surface area contributed by atoms with Crippen molar-refractivity contribution in [2.24, 2.45) is 5.92 Å². The van der Waals surface area contributed by atoms with Gasteiger partial charge in [-0.15, -0.1) is 6.58 Å². The summed E-state index contributed by atoms with van der Waals surface area (Å²) in [5.41, 5.74) is 0. The van der Waals surface area contributed by atoms with Crippen molar-refractivity contribution >= 4 is 11.0 Å². The van der Waals surface area contributed by atoms with Gasteiger partial charge in [-0.3, -0.25) is 0 Å². The molecule has 1 saturated carbocycles. The molecule has 0 amide bonds. The minimum atomic E-state index is 0. The van der Waals surface area contributed by atoms with Gasteiger partial charge in [-0.05, 0) is 18.8 Å². The summed E-state index contributed by atoms with van der Waals surface area (Å²) in [4.78, 5) is 0. The van der Waals surface area contributed by atoms with Gasteiger partial charge in [-0.2, -0.15) is 0 Å². The third kappa shape index (κ3) is 1.41. The van der Waals surface area contributed by atoms with Gasteiger partial charge in [0.25, 0.3) is 0 Å². The third-order valence-corrected chi connectivity index (χ3v) is 0.955. The van der Waals surface area contributed by atoms with Gasteiger partial charge < -0.3 is 0 Å². The SMILES string of the molecule is C=CC1CC1.[Si]. The van der Waals surface area contributed by atoms with Crippen molar-refractivity contribution in [2.75, 3.05) is 0 Å². The number of hydrogen-bond acceptors (Lipinski definition) is 0. The largest absolute Gasteiger partial charge is 0.103 e. The molecule has 0 atom stereocenters. The zero-order valence-electron chi connectivity index (χ0n) is 3.78. The number of rotatable bonds is 1. The molecule has 1 aliphatic rings. The van der Waals surface area contributed by atoms with Gasteiger partial charge in [0.2, 0.25) is 0 Å². The van der Waals surface area contributed by atoms with Crippen LogP contribution >= 0.6 is 0 Å². The second-order valence-electron chi connectivity index (χ2n) is 1.57. The van der Waals surface area contributed by atoms with E-state index < -0.39 is 0 Å². The molecule has 0 saturated heterocycles. The second kappa shape index (κ2) is 2.19. The third-order valence-electron chi connectivity index (χ3n) is 0.955. The summed E-state index contributed by atoms with van der Waals surface area (Å²) in [5.74, 6) is 0.898. The second-order valence-corrected chi connectivity index (χ2v) is 1.57. The fourth-order valence-electron chi connectivity index (χ4n) is 0.332. The molecule has 1 fully saturated rings. The molecule has 1 rings (SSSR count). The van der Waals surface area contributed by atoms with Crippen LogP contribution in [-0.4, -0.2) is 11.0 Å². The number of hydrogen-bond donors (Lipinski definition) is 0. The van der Waals surface area contributed by atoms with E-state index in [0.29, 0.717) is 0 Å². The molecule has 0 aliphatic heterocycles. The maximum absolute atomic E-state index is 3.62. The number of allylic oxidation sites excluding steroid dienone is 1. The zero-order valence-corrected chi connectivity index (χ0v) is 4.78. The van der Waals surface area contributed by atoms with Crippen LogP contribution in [0, 0.1) is 5.92 Å². The van der Waals surface area contributed by atoms with Crippen molar-refractivity contribution in [3.05, 3.63) is 12.7 Å². The minimum absolute atomic E-state index is 0. The van der Waals surface area contributed by atoms with Crippen molar-refractivity contribution in [1.29, 1.82) is 0 Å². The van der Waals surface area contributed by atoms with Gasteiger partial charge in [0.05, 0.1) is 0 Å². The molecule has 0 nitrogen and oxygen atoms in total. The van der Waals surface area contributed by atoms with Gasteiger partial charge in [0.1, 0.15) is 0 Å². The Morgan fingerprint density at radius 3 is 2.00 bits per heavy atom. The molecule has 0 unspecified atom stereocenters. The van der Waals surface area contributed by atoms with Crippen LogP contribution < -0.4 is 0 Å². The average Bonchev–Trinajstić information content (AvgIpc) is 2.12. The maximum Gasteiger partial charge on any atom is 0 e. The van der Waals surface area contributed by atoms with E-state index in [-0.39, 0.29) is 11.0 Å². The predicted octanol–water partition coefficient (Wildman–Crippen LogP) is 1.20. The Morgan fingerprint density at radius 1 is 1.50 bits per heavy atom. The quantitative estimate of drug-likeness (QED) is 0.340. The van der Waals surface area contributed by atoms with E-state index in [1.54, 1.807) is 0 Å². The summed E-state index contributed by atoms with van der Waals surface area (Å²) in [6.07, 6.45) is 4.81. The van der Waals surface area contributed by atoms with Crippen molar-refractivity contribution in [3.63, 3.8) is 0 Å². The summed E-state index contributed by atoms with van der Waals surface area (Å²) >= 11 is 0. The van der Waals surface area contributed by atoms with E-state index in [9.17, 15) is 0 Å². The van der Waals surface area contributed by atoms with E-state index in [2.05, 4.69) is 6.58 Å². The van der Waals surface area contributed by atoms with Crippen molar-refractivity contribution in [2.45, 2.75) is 12.8 Å². The highest BCUT2D eigenvalue weighted by Crippen LogP contribution is 2.28. The van der Waals surface area contributed by atoms with Crippen LogP contribution in [0.5, 0.6) is 0 Å². The first-order chi connectivity index (χ1) is 2.43. The Balaban J connectivity index is 0.000000250. The molecule has 0 aromatic carbocycles. The van der Waals surface area contributed by atoms with Gasteiger partial charge in [0.15, 0.2) is 0 Å². The molecule has 1 aliphatic carbocycles. The molecule has 6 heavy (non-hydrogen) atoms. The van der Waals surface area contributed by atoms with Crippen LogP contribution in [0.4, 0.5) is 0 Å². The highest BCUT2D eigenvalue weighted by atomic mass is 28.1. The van der Waals surface area contributed by atoms with Crippen LogP contribution in [0.3, 0.4) is 0 Å². The minimum Gasteiger partial charge on any atom is -0.103 e. The lowest BCUT2D eigenvalue weighted by molar-refractivity contribution is 1.13. The summed E-state index contributed by atoms with van der Waals surface area (Å²) in [6.45, 7) is 3.62. The predicted molar refractivity (Wildman–Crippen MR) is 28.7 cm³/mol. The molecule has 32 valence electrons. The smallest absolute Gasteiger partial charge is 0 e. The molecule has 0 spiro atoms. The Kier molecular flexibility index (Phi) is 2.17. The normalized spacial score (nSPS) is 18.7. The summed E-state index contributed by atoms with van der Waals surface area (Å²) in [5, 5.41) is 0. The van der Waals surface area contributed by atoms with Gasteiger partial charge in [0, 0.05) is 11.0 Å². The van der Waals surface area contributed by atoms with Crippen molar-refractivity contribution in [1.82, 2.24) is 0 Å². The lowest BCUT2D eigenvalue weighted by Crippen LogP contribution is -1.50. The zero-order chi connectivity index (χ0) is 3.70. The van der Waals surface area contributed by atoms with E-state index in [1.807, 2.05) is 6.08 Å². The fourth-order valence-corrected chi connectivity index (χ4v) is 0.332. The van der Waals surface area contributed by atoms with Gasteiger partial charge in [-0.1, -0.05) is 6.08 Å². The molecule has 4 radical (unpaired) electrons. The topological polar surface area (TPSA) is 0 Å². The van der Waals surface area contributed by atoms with E-state index in [1.165, 1.54) is 12.8 Å². The lowest BCUT2D eigenvalue weighted by Gasteiger charge is -1.63. The summed E-state index contributed by atoms with van der Waals surface area (Å²) in [6, 6.07) is 0.